The Morgan fingerprint density at radius 2 is 2.05 bits per heavy atom. The Kier molecular flexibility index (Phi) is 4.94. The first-order valence-electron chi connectivity index (χ1n) is 6.73. The van der Waals surface area contributed by atoms with Crippen LogP contribution in [0.1, 0.15) is 31.2 Å². The van der Waals surface area contributed by atoms with E-state index in [4.69, 9.17) is 15.3 Å². The molecule has 21 heavy (non-hydrogen) atoms. The third-order valence-corrected chi connectivity index (χ3v) is 2.91. The van der Waals surface area contributed by atoms with E-state index in [9.17, 15) is 0 Å². The fraction of sp³-hybridized carbons (Fsp3) is 0.333. The van der Waals surface area contributed by atoms with Gasteiger partial charge in [-0.1, -0.05) is 26.0 Å². The summed E-state index contributed by atoms with van der Waals surface area (Å²) in [5.41, 5.74) is 3.53. The van der Waals surface area contributed by atoms with Crippen LogP contribution in [0.25, 0.3) is 0 Å². The minimum atomic E-state index is 0.192. The summed E-state index contributed by atoms with van der Waals surface area (Å²) in [5, 5.41) is 0. The number of anilines is 1. The van der Waals surface area contributed by atoms with Gasteiger partial charge in [0, 0.05) is 12.0 Å². The molecule has 0 unspecified atom stereocenters. The number of nitrogen functional groups attached to an aromatic ring is 1. The molecule has 0 aliphatic rings. The average Bonchev–Trinajstić information content (AvgIpc) is 2.52. The van der Waals surface area contributed by atoms with Crippen molar-refractivity contribution in [2.24, 2.45) is 5.84 Å². The summed E-state index contributed by atoms with van der Waals surface area (Å²) in [6.07, 6.45) is 0. The van der Waals surface area contributed by atoms with Crippen LogP contribution >= 0.6 is 0 Å². The van der Waals surface area contributed by atoms with Crippen LogP contribution in [0.5, 0.6) is 11.6 Å². The second kappa shape index (κ2) is 6.90. The molecule has 0 aliphatic carbocycles. The number of hydrogen-bond acceptors (Lipinski definition) is 6. The average molecular weight is 288 g/mol. The zero-order chi connectivity index (χ0) is 15.2. The molecule has 0 spiro atoms. The first kappa shape index (κ1) is 15.1. The largest absolute Gasteiger partial charge is 0.497 e. The molecule has 6 heteroatoms. The molecule has 1 aromatic heterocycles. The van der Waals surface area contributed by atoms with E-state index < -0.39 is 0 Å². The molecule has 0 saturated heterocycles. The van der Waals surface area contributed by atoms with Crippen LogP contribution in [0, 0.1) is 0 Å². The van der Waals surface area contributed by atoms with E-state index in [1.54, 1.807) is 13.2 Å². The topological polar surface area (TPSA) is 82.3 Å². The van der Waals surface area contributed by atoms with E-state index in [2.05, 4.69) is 15.4 Å². The first-order chi connectivity index (χ1) is 10.1. The zero-order valence-corrected chi connectivity index (χ0v) is 12.5. The summed E-state index contributed by atoms with van der Waals surface area (Å²) < 4.78 is 10.9. The fourth-order valence-corrected chi connectivity index (χ4v) is 1.77. The van der Waals surface area contributed by atoms with E-state index >= 15 is 0 Å². The summed E-state index contributed by atoms with van der Waals surface area (Å²) in [6.45, 7) is 4.43. The molecule has 2 rings (SSSR count). The summed E-state index contributed by atoms with van der Waals surface area (Å²) in [4.78, 5) is 8.66. The predicted octanol–water partition coefficient (Wildman–Crippen LogP) is 2.47. The molecule has 0 bridgehead atoms. The van der Waals surface area contributed by atoms with E-state index in [0.29, 0.717) is 24.1 Å². The maximum Gasteiger partial charge on any atom is 0.219 e. The molecule has 0 amide bonds. The smallest absolute Gasteiger partial charge is 0.219 e. The third kappa shape index (κ3) is 4.06. The van der Waals surface area contributed by atoms with Crippen molar-refractivity contribution in [1.82, 2.24) is 9.97 Å². The number of nitrogens with zero attached hydrogens (tertiary/aromatic N) is 2. The van der Waals surface area contributed by atoms with Crippen LogP contribution in [-0.4, -0.2) is 17.1 Å². The second-order valence-electron chi connectivity index (χ2n) is 4.89. The minimum absolute atomic E-state index is 0.192. The van der Waals surface area contributed by atoms with Gasteiger partial charge in [0.25, 0.3) is 0 Å². The van der Waals surface area contributed by atoms with Crippen molar-refractivity contribution in [1.29, 1.82) is 0 Å². The molecule has 2 aromatic rings. The summed E-state index contributed by atoms with van der Waals surface area (Å²) in [7, 11) is 1.64. The van der Waals surface area contributed by atoms with Gasteiger partial charge in [0.2, 0.25) is 5.88 Å². The van der Waals surface area contributed by atoms with Gasteiger partial charge in [-0.15, -0.1) is 0 Å². The monoisotopic (exact) mass is 288 g/mol. The normalized spacial score (nSPS) is 10.5. The highest BCUT2D eigenvalue weighted by atomic mass is 16.5. The van der Waals surface area contributed by atoms with Crippen molar-refractivity contribution in [3.63, 3.8) is 0 Å². The highest BCUT2D eigenvalue weighted by Gasteiger charge is 2.08. The van der Waals surface area contributed by atoms with Crippen molar-refractivity contribution in [3.05, 3.63) is 41.7 Å². The lowest BCUT2D eigenvalue weighted by Gasteiger charge is -2.11. The quantitative estimate of drug-likeness (QED) is 0.627. The SMILES string of the molecule is COc1cccc(COc2cc(NN)nc(C(C)C)n2)c1. The van der Waals surface area contributed by atoms with Crippen LogP contribution in [-0.2, 0) is 6.61 Å². The lowest BCUT2D eigenvalue weighted by atomic mass is 10.2. The standard InChI is InChI=1S/C15H20N4O2/c1-10(2)15-17-13(19-16)8-14(18-15)21-9-11-5-4-6-12(7-11)20-3/h4-8,10H,9,16H2,1-3H3,(H,17,18,19). The Labute approximate surface area is 124 Å². The number of nitrogens with one attached hydrogen (secondary N) is 1. The van der Waals surface area contributed by atoms with Crippen LogP contribution in [0.15, 0.2) is 30.3 Å². The molecule has 0 aliphatic heterocycles. The van der Waals surface area contributed by atoms with Crippen LogP contribution in [0.3, 0.4) is 0 Å². The van der Waals surface area contributed by atoms with Gasteiger partial charge >= 0.3 is 0 Å². The molecule has 0 radical (unpaired) electrons. The van der Waals surface area contributed by atoms with Gasteiger partial charge in [0.05, 0.1) is 7.11 Å². The number of hydrazine groups is 1. The highest BCUT2D eigenvalue weighted by Crippen LogP contribution is 2.20. The Bertz CT molecular complexity index is 602. The number of hydrogen-bond donors (Lipinski definition) is 2. The number of ether oxygens (including phenoxy) is 2. The lowest BCUT2D eigenvalue weighted by Crippen LogP contribution is -2.12. The molecule has 0 fully saturated rings. The Morgan fingerprint density at radius 1 is 1.24 bits per heavy atom. The lowest BCUT2D eigenvalue weighted by molar-refractivity contribution is 0.291. The van der Waals surface area contributed by atoms with Gasteiger partial charge in [-0.2, -0.15) is 4.98 Å². The summed E-state index contributed by atoms with van der Waals surface area (Å²) in [6, 6.07) is 9.37. The maximum atomic E-state index is 5.72. The summed E-state index contributed by atoms with van der Waals surface area (Å²) >= 11 is 0. The fourth-order valence-electron chi connectivity index (χ4n) is 1.77. The Hall–Kier alpha value is -2.34. The van der Waals surface area contributed by atoms with Gasteiger partial charge in [-0.05, 0) is 17.7 Å². The predicted molar refractivity (Wildman–Crippen MR) is 81.3 cm³/mol. The van der Waals surface area contributed by atoms with E-state index in [1.807, 2.05) is 38.1 Å². The number of nitrogens with two attached hydrogens (primary N) is 1. The molecule has 1 aromatic carbocycles. The highest BCUT2D eigenvalue weighted by molar-refractivity contribution is 5.37. The van der Waals surface area contributed by atoms with Crippen molar-refractivity contribution in [3.8, 4) is 11.6 Å². The van der Waals surface area contributed by atoms with Gasteiger partial charge in [-0.25, -0.2) is 10.8 Å². The molecule has 1 heterocycles. The molecular weight excluding hydrogens is 268 g/mol. The maximum absolute atomic E-state index is 5.72. The van der Waals surface area contributed by atoms with Gasteiger partial charge in [0.1, 0.15) is 24.0 Å². The molecule has 0 saturated carbocycles. The van der Waals surface area contributed by atoms with Gasteiger partial charge in [0.15, 0.2) is 0 Å². The molecule has 3 N–H and O–H groups in total. The van der Waals surface area contributed by atoms with Gasteiger partial charge in [-0.3, -0.25) is 0 Å². The van der Waals surface area contributed by atoms with Crippen molar-refractivity contribution < 1.29 is 9.47 Å². The van der Waals surface area contributed by atoms with E-state index in [-0.39, 0.29) is 5.92 Å². The van der Waals surface area contributed by atoms with Gasteiger partial charge < -0.3 is 14.9 Å². The number of benzene rings is 1. The van der Waals surface area contributed by atoms with E-state index in [1.165, 1.54) is 0 Å². The van der Waals surface area contributed by atoms with Crippen LogP contribution < -0.4 is 20.7 Å². The van der Waals surface area contributed by atoms with Crippen LogP contribution in [0.4, 0.5) is 5.82 Å². The third-order valence-electron chi connectivity index (χ3n) is 2.91. The molecule has 6 nitrogen and oxygen atoms in total. The number of aromatic nitrogens is 2. The van der Waals surface area contributed by atoms with Crippen molar-refractivity contribution in [2.75, 3.05) is 12.5 Å². The molecular formula is C15H20N4O2. The first-order valence-corrected chi connectivity index (χ1v) is 6.73. The Balaban J connectivity index is 2.13. The Morgan fingerprint density at radius 3 is 2.71 bits per heavy atom. The van der Waals surface area contributed by atoms with Crippen molar-refractivity contribution >= 4 is 5.82 Å². The summed E-state index contributed by atoms with van der Waals surface area (Å²) in [5.74, 6) is 8.12. The van der Waals surface area contributed by atoms with Crippen molar-refractivity contribution in [2.45, 2.75) is 26.4 Å². The van der Waals surface area contributed by atoms with E-state index in [0.717, 1.165) is 11.3 Å². The number of rotatable bonds is 6. The van der Waals surface area contributed by atoms with Crippen LogP contribution in [0.2, 0.25) is 0 Å². The zero-order valence-electron chi connectivity index (χ0n) is 12.5. The minimum Gasteiger partial charge on any atom is -0.497 e. The number of methoxy groups -OCH3 is 1. The second-order valence-corrected chi connectivity index (χ2v) is 4.89. The molecule has 0 atom stereocenters. The molecule has 112 valence electrons.